The predicted octanol–water partition coefficient (Wildman–Crippen LogP) is 2.58. The maximum Gasteiger partial charge on any atom is 0.243 e. The summed E-state index contributed by atoms with van der Waals surface area (Å²) >= 11 is 0. The van der Waals surface area contributed by atoms with E-state index in [2.05, 4.69) is 19.2 Å². The lowest BCUT2D eigenvalue weighted by Crippen LogP contribution is -2.35. The molecule has 27 heavy (non-hydrogen) atoms. The van der Waals surface area contributed by atoms with Gasteiger partial charge in [0.2, 0.25) is 15.9 Å². The van der Waals surface area contributed by atoms with Crippen LogP contribution < -0.4 is 5.32 Å². The van der Waals surface area contributed by atoms with Gasteiger partial charge >= 0.3 is 0 Å². The van der Waals surface area contributed by atoms with Crippen LogP contribution in [-0.2, 0) is 26.0 Å². The maximum absolute atomic E-state index is 12.6. The summed E-state index contributed by atoms with van der Waals surface area (Å²) in [5, 5.41) is 2.87. The van der Waals surface area contributed by atoms with Crippen LogP contribution in [0.1, 0.15) is 45.1 Å². The van der Waals surface area contributed by atoms with Gasteiger partial charge in [-0.25, -0.2) is 8.42 Å². The number of amides is 1. The van der Waals surface area contributed by atoms with Crippen molar-refractivity contribution < 1.29 is 17.9 Å². The third-order valence-corrected chi connectivity index (χ3v) is 6.39. The summed E-state index contributed by atoms with van der Waals surface area (Å²) in [6.07, 6.45) is 3.95. The van der Waals surface area contributed by atoms with E-state index in [0.29, 0.717) is 37.1 Å². The highest BCUT2D eigenvalue weighted by Crippen LogP contribution is 2.20. The van der Waals surface area contributed by atoms with Crippen LogP contribution >= 0.6 is 0 Å². The number of sulfonamides is 1. The number of nitrogens with zero attached hydrogens (tertiary/aromatic N) is 1. The topological polar surface area (TPSA) is 75.7 Å². The van der Waals surface area contributed by atoms with Gasteiger partial charge in [-0.2, -0.15) is 4.31 Å². The molecule has 0 spiro atoms. The Morgan fingerprint density at radius 1 is 1.15 bits per heavy atom. The minimum atomic E-state index is -3.42. The highest BCUT2D eigenvalue weighted by molar-refractivity contribution is 7.89. The van der Waals surface area contributed by atoms with Crippen molar-refractivity contribution in [3.63, 3.8) is 0 Å². The van der Waals surface area contributed by atoms with Gasteiger partial charge < -0.3 is 10.1 Å². The Bertz CT molecular complexity index is 680. The first kappa shape index (κ1) is 21.9. The molecular weight excluding hydrogens is 364 g/mol. The molecule has 1 fully saturated rings. The second kappa shape index (κ2) is 10.8. The van der Waals surface area contributed by atoms with E-state index in [1.807, 2.05) is 0 Å². The van der Waals surface area contributed by atoms with Crippen LogP contribution in [-0.4, -0.2) is 51.5 Å². The fourth-order valence-electron chi connectivity index (χ4n) is 3.00. The van der Waals surface area contributed by atoms with Crippen LogP contribution in [0.3, 0.4) is 0 Å². The number of piperidine rings is 1. The molecule has 0 aliphatic carbocycles. The predicted molar refractivity (Wildman–Crippen MR) is 106 cm³/mol. The maximum atomic E-state index is 12.6. The van der Waals surface area contributed by atoms with Crippen molar-refractivity contribution in [1.82, 2.24) is 9.62 Å². The van der Waals surface area contributed by atoms with Crippen LogP contribution in [0.4, 0.5) is 0 Å². The summed E-state index contributed by atoms with van der Waals surface area (Å²) in [6, 6.07) is 6.66. The number of nitrogens with one attached hydrogen (secondary N) is 1. The lowest BCUT2D eigenvalue weighted by Gasteiger charge is -2.25. The van der Waals surface area contributed by atoms with Crippen molar-refractivity contribution in [2.24, 2.45) is 5.92 Å². The number of ether oxygens (including phenoxy) is 1. The molecule has 0 saturated carbocycles. The van der Waals surface area contributed by atoms with E-state index in [0.717, 1.165) is 37.9 Å². The van der Waals surface area contributed by atoms with E-state index in [1.54, 1.807) is 28.6 Å². The molecule has 0 atom stereocenters. The van der Waals surface area contributed by atoms with Crippen molar-refractivity contribution in [2.45, 2.75) is 50.8 Å². The average Bonchev–Trinajstić information content (AvgIpc) is 2.65. The van der Waals surface area contributed by atoms with Crippen molar-refractivity contribution >= 4 is 15.9 Å². The van der Waals surface area contributed by atoms with E-state index in [1.165, 1.54) is 0 Å². The van der Waals surface area contributed by atoms with Gasteiger partial charge in [-0.05, 0) is 42.9 Å². The molecule has 2 rings (SSSR count). The zero-order valence-corrected chi connectivity index (χ0v) is 17.3. The molecule has 1 saturated heterocycles. The Labute approximate surface area is 163 Å². The molecule has 7 heteroatoms. The van der Waals surface area contributed by atoms with Crippen LogP contribution in [0.2, 0.25) is 0 Å². The second-order valence-electron chi connectivity index (χ2n) is 7.46. The first-order valence-corrected chi connectivity index (χ1v) is 11.3. The molecule has 0 radical (unpaired) electrons. The third-order valence-electron chi connectivity index (χ3n) is 4.48. The van der Waals surface area contributed by atoms with E-state index < -0.39 is 10.0 Å². The van der Waals surface area contributed by atoms with Gasteiger partial charge in [0.05, 0.1) is 11.3 Å². The van der Waals surface area contributed by atoms with Crippen molar-refractivity contribution in [2.75, 3.05) is 32.8 Å². The van der Waals surface area contributed by atoms with Crippen LogP contribution in [0.25, 0.3) is 0 Å². The molecule has 6 nitrogen and oxygen atoms in total. The molecule has 1 aromatic rings. The van der Waals surface area contributed by atoms with Crippen LogP contribution in [0, 0.1) is 5.92 Å². The molecular formula is C20H32N2O4S. The van der Waals surface area contributed by atoms with Crippen LogP contribution in [0.15, 0.2) is 29.2 Å². The van der Waals surface area contributed by atoms with Gasteiger partial charge in [0.1, 0.15) is 0 Å². The monoisotopic (exact) mass is 396 g/mol. The summed E-state index contributed by atoms with van der Waals surface area (Å²) in [7, 11) is -3.42. The van der Waals surface area contributed by atoms with Gasteiger partial charge in [0, 0.05) is 32.8 Å². The fourth-order valence-corrected chi connectivity index (χ4v) is 4.52. The largest absolute Gasteiger partial charge is 0.381 e. The van der Waals surface area contributed by atoms with E-state index in [-0.39, 0.29) is 12.3 Å². The molecule has 1 aliphatic rings. The molecule has 1 aromatic carbocycles. The molecule has 1 N–H and O–H groups in total. The number of carbonyl (C=O) groups excluding carboxylic acids is 1. The van der Waals surface area contributed by atoms with Crippen LogP contribution in [0.5, 0.6) is 0 Å². The molecule has 1 amide bonds. The number of rotatable bonds is 10. The zero-order valence-electron chi connectivity index (χ0n) is 16.4. The van der Waals surface area contributed by atoms with Gasteiger partial charge in [0.15, 0.2) is 0 Å². The summed E-state index contributed by atoms with van der Waals surface area (Å²) in [4.78, 5) is 12.3. The zero-order chi connectivity index (χ0) is 19.7. The Balaban J connectivity index is 1.77. The van der Waals surface area contributed by atoms with E-state index in [4.69, 9.17) is 4.74 Å². The number of carbonyl (C=O) groups is 1. The van der Waals surface area contributed by atoms with E-state index >= 15 is 0 Å². The Morgan fingerprint density at radius 3 is 2.44 bits per heavy atom. The molecule has 1 aliphatic heterocycles. The minimum Gasteiger partial charge on any atom is -0.381 e. The normalized spacial score (nSPS) is 15.8. The highest BCUT2D eigenvalue weighted by Gasteiger charge is 2.25. The summed E-state index contributed by atoms with van der Waals surface area (Å²) in [6.45, 7) is 7.34. The van der Waals surface area contributed by atoms with Crippen molar-refractivity contribution in [3.05, 3.63) is 29.8 Å². The summed E-state index contributed by atoms with van der Waals surface area (Å²) in [5.41, 5.74) is 0.807. The van der Waals surface area contributed by atoms with E-state index in [9.17, 15) is 13.2 Å². The number of hydrogen-bond acceptors (Lipinski definition) is 4. The lowest BCUT2D eigenvalue weighted by atomic mass is 10.1. The van der Waals surface area contributed by atoms with Gasteiger partial charge in [-0.1, -0.05) is 32.4 Å². The number of hydrogen-bond donors (Lipinski definition) is 1. The molecule has 1 heterocycles. The fraction of sp³-hybridized carbons (Fsp3) is 0.650. The molecule has 152 valence electrons. The Hall–Kier alpha value is -1.44. The number of benzene rings is 1. The second-order valence-corrected chi connectivity index (χ2v) is 9.40. The van der Waals surface area contributed by atoms with Crippen molar-refractivity contribution in [1.29, 1.82) is 0 Å². The third kappa shape index (κ3) is 7.24. The average molecular weight is 397 g/mol. The summed E-state index contributed by atoms with van der Waals surface area (Å²) in [5.74, 6) is 0.451. The molecule has 0 unspecified atom stereocenters. The smallest absolute Gasteiger partial charge is 0.243 e. The first-order chi connectivity index (χ1) is 12.9. The quantitative estimate of drug-likeness (QED) is 0.617. The van der Waals surface area contributed by atoms with Gasteiger partial charge in [-0.15, -0.1) is 0 Å². The minimum absolute atomic E-state index is 0.0644. The standard InChI is InChI=1S/C20H32N2O4S/c1-17(2)16-26-14-6-11-21-20(23)15-18-7-9-19(10-8-18)27(24,25)22-12-4-3-5-13-22/h7-10,17H,3-6,11-16H2,1-2H3,(H,21,23). The van der Waals surface area contributed by atoms with Gasteiger partial charge in [0.25, 0.3) is 0 Å². The molecule has 0 aromatic heterocycles. The summed E-state index contributed by atoms with van der Waals surface area (Å²) < 4.78 is 32.3. The SMILES string of the molecule is CC(C)COCCCNC(=O)Cc1ccc(S(=O)(=O)N2CCCCC2)cc1. The van der Waals surface area contributed by atoms with Crippen molar-refractivity contribution in [3.8, 4) is 0 Å². The lowest BCUT2D eigenvalue weighted by molar-refractivity contribution is -0.120. The first-order valence-electron chi connectivity index (χ1n) is 9.83. The molecule has 0 bridgehead atoms. The van der Waals surface area contributed by atoms with Gasteiger partial charge in [-0.3, -0.25) is 4.79 Å². The Morgan fingerprint density at radius 2 is 1.81 bits per heavy atom. The highest BCUT2D eigenvalue weighted by atomic mass is 32.2. The Kier molecular flexibility index (Phi) is 8.73.